The molecule has 5 nitrogen and oxygen atoms in total. The highest BCUT2D eigenvalue weighted by atomic mass is 16.4. The van der Waals surface area contributed by atoms with Crippen molar-refractivity contribution in [2.24, 2.45) is 0 Å². The van der Waals surface area contributed by atoms with Crippen molar-refractivity contribution < 1.29 is 19.5 Å². The third-order valence-corrected chi connectivity index (χ3v) is 3.41. The maximum absolute atomic E-state index is 12.4. The second-order valence-electron chi connectivity index (χ2n) is 4.68. The molecule has 5 heteroatoms. The van der Waals surface area contributed by atoms with Gasteiger partial charge in [0, 0.05) is 0 Å². The third-order valence-electron chi connectivity index (χ3n) is 3.41. The number of carbonyl (C=O) groups excluding carboxylic acids is 2. The van der Waals surface area contributed by atoms with Crippen LogP contribution in [0.5, 0.6) is 0 Å². The van der Waals surface area contributed by atoms with Gasteiger partial charge in [-0.3, -0.25) is 19.3 Å². The fourth-order valence-electron chi connectivity index (χ4n) is 2.52. The first-order valence-corrected chi connectivity index (χ1v) is 6.15. The molecular weight excluding hydrogens is 258 g/mol. The number of fused-ring (bicyclic) bond motifs is 3. The summed E-state index contributed by atoms with van der Waals surface area (Å²) in [5, 5.41) is 10.5. The largest absolute Gasteiger partial charge is 0.480 e. The fraction of sp³-hybridized carbons (Fsp3) is 0.133. The summed E-state index contributed by atoms with van der Waals surface area (Å²) in [5.74, 6) is -2.20. The number of benzene rings is 2. The molecule has 1 aliphatic rings. The Hall–Kier alpha value is -2.69. The number of hydrogen-bond donors (Lipinski definition) is 1. The van der Waals surface area contributed by atoms with Gasteiger partial charge in [0.1, 0.15) is 6.54 Å². The number of aliphatic carboxylic acids is 1. The molecule has 0 saturated carbocycles. The second-order valence-corrected chi connectivity index (χ2v) is 4.68. The lowest BCUT2D eigenvalue weighted by atomic mass is 9.93. The molecular formula is C15H11NO4. The molecule has 1 N–H and O–H groups in total. The maximum Gasteiger partial charge on any atom is 0.323 e. The van der Waals surface area contributed by atoms with Gasteiger partial charge in [-0.2, -0.15) is 0 Å². The van der Waals surface area contributed by atoms with Gasteiger partial charge in [0.05, 0.1) is 12.0 Å². The van der Waals surface area contributed by atoms with Gasteiger partial charge >= 0.3 is 5.97 Å². The Morgan fingerprint density at radius 3 is 2.65 bits per heavy atom. The van der Waals surface area contributed by atoms with Crippen molar-refractivity contribution >= 4 is 28.6 Å². The molecule has 2 aromatic rings. The van der Waals surface area contributed by atoms with Crippen molar-refractivity contribution in [3.8, 4) is 0 Å². The Balaban J connectivity index is 2.19. The van der Waals surface area contributed by atoms with E-state index in [1.54, 1.807) is 12.1 Å². The van der Waals surface area contributed by atoms with E-state index >= 15 is 0 Å². The van der Waals surface area contributed by atoms with Crippen LogP contribution in [-0.4, -0.2) is 34.3 Å². The zero-order chi connectivity index (χ0) is 14.3. The molecule has 0 unspecified atom stereocenters. The number of carboxylic acid groups (broad SMARTS) is 1. The Bertz CT molecular complexity index is 751. The van der Waals surface area contributed by atoms with Crippen LogP contribution in [0.25, 0.3) is 10.8 Å². The molecule has 100 valence electrons. The van der Waals surface area contributed by atoms with Gasteiger partial charge in [-0.05, 0) is 16.3 Å². The van der Waals surface area contributed by atoms with E-state index in [2.05, 4.69) is 0 Å². The molecule has 20 heavy (non-hydrogen) atoms. The van der Waals surface area contributed by atoms with E-state index in [0.29, 0.717) is 11.1 Å². The maximum atomic E-state index is 12.4. The Kier molecular flexibility index (Phi) is 2.75. The van der Waals surface area contributed by atoms with Crippen LogP contribution in [-0.2, 0) is 16.0 Å². The van der Waals surface area contributed by atoms with Gasteiger partial charge in [-0.25, -0.2) is 0 Å². The number of rotatable bonds is 2. The fourth-order valence-corrected chi connectivity index (χ4v) is 2.52. The molecule has 0 atom stereocenters. The van der Waals surface area contributed by atoms with Crippen molar-refractivity contribution in [2.45, 2.75) is 6.42 Å². The molecule has 1 heterocycles. The Morgan fingerprint density at radius 1 is 1.15 bits per heavy atom. The first kappa shape index (κ1) is 12.3. The first-order valence-electron chi connectivity index (χ1n) is 6.15. The second kappa shape index (κ2) is 4.45. The minimum Gasteiger partial charge on any atom is -0.480 e. The number of nitrogens with zero attached hydrogens (tertiary/aromatic N) is 1. The van der Waals surface area contributed by atoms with Crippen LogP contribution in [0.3, 0.4) is 0 Å². The topological polar surface area (TPSA) is 74.7 Å². The van der Waals surface area contributed by atoms with E-state index in [4.69, 9.17) is 5.11 Å². The summed E-state index contributed by atoms with van der Waals surface area (Å²) < 4.78 is 0. The van der Waals surface area contributed by atoms with Crippen LogP contribution in [0.4, 0.5) is 0 Å². The lowest BCUT2D eigenvalue weighted by molar-refractivity contribution is -0.142. The van der Waals surface area contributed by atoms with Crippen LogP contribution >= 0.6 is 0 Å². The van der Waals surface area contributed by atoms with E-state index < -0.39 is 24.3 Å². The summed E-state index contributed by atoms with van der Waals surface area (Å²) in [6.45, 7) is -0.597. The zero-order valence-corrected chi connectivity index (χ0v) is 10.5. The molecule has 1 aliphatic heterocycles. The first-order chi connectivity index (χ1) is 9.58. The zero-order valence-electron chi connectivity index (χ0n) is 10.5. The highest BCUT2D eigenvalue weighted by Crippen LogP contribution is 2.28. The van der Waals surface area contributed by atoms with Gasteiger partial charge in [0.15, 0.2) is 0 Å². The Labute approximate surface area is 114 Å². The Morgan fingerprint density at radius 2 is 1.90 bits per heavy atom. The molecule has 0 aromatic heterocycles. The number of hydrogen-bond acceptors (Lipinski definition) is 3. The van der Waals surface area contributed by atoms with E-state index in [1.165, 1.54) is 0 Å². The number of carboxylic acids is 1. The summed E-state index contributed by atoms with van der Waals surface area (Å²) in [7, 11) is 0. The minimum atomic E-state index is -1.20. The van der Waals surface area contributed by atoms with Gasteiger partial charge < -0.3 is 5.11 Å². The summed E-state index contributed by atoms with van der Waals surface area (Å²) >= 11 is 0. The van der Waals surface area contributed by atoms with Crippen molar-refractivity contribution in [2.75, 3.05) is 6.54 Å². The summed E-state index contributed by atoms with van der Waals surface area (Å²) in [5.41, 5.74) is 1.09. The van der Waals surface area contributed by atoms with Gasteiger partial charge in [0.25, 0.3) is 5.91 Å². The van der Waals surface area contributed by atoms with Gasteiger partial charge in [0.2, 0.25) is 5.91 Å². The summed E-state index contributed by atoms with van der Waals surface area (Å²) in [4.78, 5) is 35.9. The standard InChI is InChI=1S/C15H11NO4/c17-12-7-10-6-5-9-3-1-2-4-11(9)14(10)15(20)16(12)8-13(18)19/h1-6H,7-8H2,(H,18,19). The van der Waals surface area contributed by atoms with Crippen LogP contribution < -0.4 is 0 Å². The van der Waals surface area contributed by atoms with E-state index in [0.717, 1.165) is 15.7 Å². The summed E-state index contributed by atoms with van der Waals surface area (Å²) in [6, 6.07) is 11.0. The normalized spacial score (nSPS) is 14.5. The number of carbonyl (C=O) groups is 3. The number of amides is 2. The molecule has 2 aromatic carbocycles. The monoisotopic (exact) mass is 269 g/mol. The van der Waals surface area contributed by atoms with Crippen LogP contribution in [0, 0.1) is 0 Å². The SMILES string of the molecule is O=C(O)CN1C(=O)Cc2ccc3ccccc3c2C1=O. The predicted octanol–water partition coefficient (Wildman–Crippen LogP) is 1.45. The van der Waals surface area contributed by atoms with Crippen molar-refractivity contribution in [3.05, 3.63) is 47.5 Å². The number of imide groups is 1. The molecule has 0 spiro atoms. The van der Waals surface area contributed by atoms with Gasteiger partial charge in [-0.15, -0.1) is 0 Å². The molecule has 0 saturated heterocycles. The predicted molar refractivity (Wildman–Crippen MR) is 71.3 cm³/mol. The average molecular weight is 269 g/mol. The smallest absolute Gasteiger partial charge is 0.323 e. The van der Waals surface area contributed by atoms with E-state index in [-0.39, 0.29) is 6.42 Å². The van der Waals surface area contributed by atoms with Crippen LogP contribution in [0.1, 0.15) is 15.9 Å². The quantitative estimate of drug-likeness (QED) is 0.837. The molecule has 3 rings (SSSR count). The molecule has 2 amide bonds. The van der Waals surface area contributed by atoms with Crippen molar-refractivity contribution in [3.63, 3.8) is 0 Å². The lowest BCUT2D eigenvalue weighted by Gasteiger charge is -2.26. The van der Waals surface area contributed by atoms with Crippen LogP contribution in [0.15, 0.2) is 36.4 Å². The average Bonchev–Trinajstić information content (AvgIpc) is 2.42. The third kappa shape index (κ3) is 1.84. The van der Waals surface area contributed by atoms with E-state index in [9.17, 15) is 14.4 Å². The van der Waals surface area contributed by atoms with E-state index in [1.807, 2.05) is 24.3 Å². The van der Waals surface area contributed by atoms with Crippen LogP contribution in [0.2, 0.25) is 0 Å². The minimum absolute atomic E-state index is 0.0547. The van der Waals surface area contributed by atoms with Crippen molar-refractivity contribution in [1.29, 1.82) is 0 Å². The molecule has 0 fully saturated rings. The molecule has 0 bridgehead atoms. The highest BCUT2D eigenvalue weighted by Gasteiger charge is 2.33. The highest BCUT2D eigenvalue weighted by molar-refractivity contribution is 6.17. The summed E-state index contributed by atoms with van der Waals surface area (Å²) in [6.07, 6.45) is 0.0547. The van der Waals surface area contributed by atoms with Crippen molar-refractivity contribution in [1.82, 2.24) is 4.90 Å². The lowest BCUT2D eigenvalue weighted by Crippen LogP contribution is -2.45. The van der Waals surface area contributed by atoms with Gasteiger partial charge in [-0.1, -0.05) is 36.4 Å². The molecule has 0 radical (unpaired) electrons. The molecule has 0 aliphatic carbocycles.